The molecule has 0 bridgehead atoms. The first-order valence-electron chi connectivity index (χ1n) is 8.64. The predicted molar refractivity (Wildman–Crippen MR) is 102 cm³/mol. The van der Waals surface area contributed by atoms with Crippen molar-refractivity contribution in [1.82, 2.24) is 0 Å². The summed E-state index contributed by atoms with van der Waals surface area (Å²) in [6, 6.07) is 8.37. The van der Waals surface area contributed by atoms with Crippen LogP contribution in [-0.4, -0.2) is 18.3 Å². The molecule has 0 aromatic heterocycles. The molecule has 1 aliphatic heterocycles. The van der Waals surface area contributed by atoms with Gasteiger partial charge >= 0.3 is 0 Å². The lowest BCUT2D eigenvalue weighted by molar-refractivity contribution is 0.0895. The maximum atomic E-state index is 6.13. The van der Waals surface area contributed by atoms with Gasteiger partial charge < -0.3 is 9.47 Å². The largest absolute Gasteiger partial charge is 0.488 e. The first-order valence-corrected chi connectivity index (χ1v) is 8.64. The van der Waals surface area contributed by atoms with E-state index in [-0.39, 0.29) is 11.0 Å². The van der Waals surface area contributed by atoms with Crippen LogP contribution in [0.25, 0.3) is 0 Å². The van der Waals surface area contributed by atoms with Crippen molar-refractivity contribution < 1.29 is 9.47 Å². The summed E-state index contributed by atoms with van der Waals surface area (Å²) < 4.78 is 11.4. The van der Waals surface area contributed by atoms with Gasteiger partial charge in [-0.25, -0.2) is 0 Å². The molecule has 1 atom stereocenters. The van der Waals surface area contributed by atoms with Crippen molar-refractivity contribution in [3.05, 3.63) is 66.3 Å². The Balaban J connectivity index is 2.05. The molecule has 24 heavy (non-hydrogen) atoms. The minimum absolute atomic E-state index is 0.117. The number of rotatable bonds is 8. The molecule has 1 heterocycles. The first-order chi connectivity index (χ1) is 11.2. The molecule has 1 fully saturated rings. The van der Waals surface area contributed by atoms with Crippen LogP contribution in [0.4, 0.5) is 0 Å². The van der Waals surface area contributed by atoms with Gasteiger partial charge in [-0.2, -0.15) is 0 Å². The Kier molecular flexibility index (Phi) is 5.71. The van der Waals surface area contributed by atoms with Gasteiger partial charge in [-0.15, -0.1) is 0 Å². The molecule has 2 rings (SSSR count). The average molecular weight is 326 g/mol. The summed E-state index contributed by atoms with van der Waals surface area (Å²) in [5.74, 6) is 0.898. The molecule has 2 heteroatoms. The van der Waals surface area contributed by atoms with Gasteiger partial charge in [0.2, 0.25) is 0 Å². The summed E-state index contributed by atoms with van der Waals surface area (Å²) in [7, 11) is 0. The molecule has 1 saturated heterocycles. The molecule has 0 spiro atoms. The van der Waals surface area contributed by atoms with Crippen LogP contribution in [-0.2, 0) is 10.2 Å². The van der Waals surface area contributed by atoms with E-state index >= 15 is 0 Å². The fourth-order valence-corrected chi connectivity index (χ4v) is 2.71. The second-order valence-electron chi connectivity index (χ2n) is 7.58. The van der Waals surface area contributed by atoms with Crippen molar-refractivity contribution in [2.45, 2.75) is 58.2 Å². The van der Waals surface area contributed by atoms with E-state index in [1.54, 1.807) is 0 Å². The highest BCUT2D eigenvalue weighted by Crippen LogP contribution is 2.33. The zero-order chi connectivity index (χ0) is 17.8. The maximum Gasteiger partial charge on any atom is 0.120 e. The normalized spacial score (nSPS) is 18.3. The van der Waals surface area contributed by atoms with Crippen LogP contribution in [0, 0.1) is 0 Å². The molecule has 1 aliphatic rings. The lowest BCUT2D eigenvalue weighted by Gasteiger charge is -2.28. The Labute approximate surface area is 146 Å². The molecule has 1 aromatic rings. The Morgan fingerprint density at radius 3 is 2.38 bits per heavy atom. The lowest BCUT2D eigenvalue weighted by atomic mass is 9.78. The molecule has 0 saturated carbocycles. The third kappa shape index (κ3) is 5.10. The number of allylic oxidation sites excluding steroid dienone is 5. The molecule has 2 nitrogen and oxygen atoms in total. The molecule has 0 N–H and O–H groups in total. The number of hydrogen-bond acceptors (Lipinski definition) is 2. The van der Waals surface area contributed by atoms with Gasteiger partial charge in [-0.1, -0.05) is 56.9 Å². The highest BCUT2D eigenvalue weighted by molar-refractivity contribution is 5.41. The summed E-state index contributed by atoms with van der Waals surface area (Å²) in [5, 5.41) is 0. The second kappa shape index (κ2) is 7.40. The average Bonchev–Trinajstić information content (AvgIpc) is 3.30. The standard InChI is InChI=1S/C22H30O2/c1-7-8-9-10-17(2)22(5,6)18-11-13-19(14-12-18)24-21(3,4)15-20-16-23-20/h7-14,20H,2,15-16H2,1,3-6H3/b8-7-,10-9-. The van der Waals surface area contributed by atoms with Crippen LogP contribution in [0.2, 0.25) is 0 Å². The summed E-state index contributed by atoms with van der Waals surface area (Å²) in [4.78, 5) is 0. The zero-order valence-corrected chi connectivity index (χ0v) is 15.6. The smallest absolute Gasteiger partial charge is 0.120 e. The highest BCUT2D eigenvalue weighted by Gasteiger charge is 2.32. The third-order valence-corrected chi connectivity index (χ3v) is 4.50. The van der Waals surface area contributed by atoms with E-state index in [1.807, 2.05) is 25.2 Å². The van der Waals surface area contributed by atoms with Crippen molar-refractivity contribution in [1.29, 1.82) is 0 Å². The van der Waals surface area contributed by atoms with Gasteiger partial charge in [-0.3, -0.25) is 0 Å². The zero-order valence-electron chi connectivity index (χ0n) is 15.6. The van der Waals surface area contributed by atoms with E-state index < -0.39 is 0 Å². The highest BCUT2D eigenvalue weighted by atomic mass is 16.6. The molecule has 1 aromatic carbocycles. The minimum atomic E-state index is -0.211. The van der Waals surface area contributed by atoms with Crippen molar-refractivity contribution in [2.75, 3.05) is 6.61 Å². The molecule has 1 unspecified atom stereocenters. The Morgan fingerprint density at radius 2 is 1.83 bits per heavy atom. The van der Waals surface area contributed by atoms with Crippen molar-refractivity contribution >= 4 is 0 Å². The van der Waals surface area contributed by atoms with E-state index in [1.165, 1.54) is 5.56 Å². The van der Waals surface area contributed by atoms with E-state index in [4.69, 9.17) is 9.47 Å². The SMILES string of the molecule is C=C(/C=C\C=C/C)C(C)(C)c1ccc(OC(C)(C)CC2CO2)cc1. The lowest BCUT2D eigenvalue weighted by Crippen LogP contribution is -2.30. The van der Waals surface area contributed by atoms with Gasteiger partial charge in [0.1, 0.15) is 11.4 Å². The fraction of sp³-hybridized carbons (Fsp3) is 0.455. The minimum Gasteiger partial charge on any atom is -0.488 e. The first kappa shape index (κ1) is 18.5. The van der Waals surface area contributed by atoms with Gasteiger partial charge in [0, 0.05) is 11.8 Å². The van der Waals surface area contributed by atoms with Gasteiger partial charge in [0.15, 0.2) is 0 Å². The van der Waals surface area contributed by atoms with E-state index in [9.17, 15) is 0 Å². The third-order valence-electron chi connectivity index (χ3n) is 4.50. The van der Waals surface area contributed by atoms with E-state index in [0.717, 1.165) is 24.4 Å². The van der Waals surface area contributed by atoms with Crippen LogP contribution in [0.15, 0.2) is 60.7 Å². The van der Waals surface area contributed by atoms with Crippen LogP contribution in [0.3, 0.4) is 0 Å². The van der Waals surface area contributed by atoms with Gasteiger partial charge in [0.05, 0.1) is 12.7 Å². The number of epoxide rings is 1. The van der Waals surface area contributed by atoms with Crippen LogP contribution in [0.5, 0.6) is 5.75 Å². The number of hydrogen-bond donors (Lipinski definition) is 0. The molecular weight excluding hydrogens is 296 g/mol. The predicted octanol–water partition coefficient (Wildman–Crippen LogP) is 5.60. The molecule has 0 aliphatic carbocycles. The Morgan fingerprint density at radius 1 is 1.21 bits per heavy atom. The Hall–Kier alpha value is -1.80. The van der Waals surface area contributed by atoms with Crippen molar-refractivity contribution in [3.63, 3.8) is 0 Å². The number of benzene rings is 1. The second-order valence-corrected chi connectivity index (χ2v) is 7.58. The van der Waals surface area contributed by atoms with Crippen LogP contribution >= 0.6 is 0 Å². The van der Waals surface area contributed by atoms with Crippen molar-refractivity contribution in [2.24, 2.45) is 0 Å². The van der Waals surface area contributed by atoms with E-state index in [0.29, 0.717) is 6.10 Å². The molecule has 0 amide bonds. The summed E-state index contributed by atoms with van der Waals surface area (Å²) in [5.41, 5.74) is 1.99. The van der Waals surface area contributed by atoms with E-state index in [2.05, 4.69) is 64.6 Å². The van der Waals surface area contributed by atoms with Crippen molar-refractivity contribution in [3.8, 4) is 5.75 Å². The van der Waals surface area contributed by atoms with Gasteiger partial charge in [0.25, 0.3) is 0 Å². The molecule has 0 radical (unpaired) electrons. The summed E-state index contributed by atoms with van der Waals surface area (Å²) in [6.07, 6.45) is 9.42. The quantitative estimate of drug-likeness (QED) is 0.458. The van der Waals surface area contributed by atoms with Crippen LogP contribution < -0.4 is 4.74 Å². The Bertz CT molecular complexity index is 614. The maximum absolute atomic E-state index is 6.13. The molecular formula is C22H30O2. The van der Waals surface area contributed by atoms with Gasteiger partial charge in [-0.05, 0) is 44.0 Å². The van der Waals surface area contributed by atoms with Crippen LogP contribution in [0.1, 0.15) is 46.6 Å². The summed E-state index contributed by atoms with van der Waals surface area (Å²) >= 11 is 0. The molecule has 130 valence electrons. The topological polar surface area (TPSA) is 21.8 Å². The summed E-state index contributed by atoms with van der Waals surface area (Å²) in [6.45, 7) is 15.7. The monoisotopic (exact) mass is 326 g/mol. The number of ether oxygens (including phenoxy) is 2. The fourth-order valence-electron chi connectivity index (χ4n) is 2.71.